The number of methoxy groups -OCH3 is 1. The van der Waals surface area contributed by atoms with Crippen LogP contribution in [0.15, 0.2) is 18.3 Å². The van der Waals surface area contributed by atoms with Crippen molar-refractivity contribution in [1.29, 1.82) is 0 Å². The highest BCUT2D eigenvalue weighted by atomic mass is 19.3. The summed E-state index contributed by atoms with van der Waals surface area (Å²) in [5.74, 6) is 0.239. The second-order valence-electron chi connectivity index (χ2n) is 8.86. The summed E-state index contributed by atoms with van der Waals surface area (Å²) in [6, 6.07) is 2.66. The van der Waals surface area contributed by atoms with E-state index in [1.165, 1.54) is 23.6 Å². The normalized spacial score (nSPS) is 23.1. The first-order valence-electron chi connectivity index (χ1n) is 11.0. The van der Waals surface area contributed by atoms with E-state index in [9.17, 15) is 18.0 Å². The van der Waals surface area contributed by atoms with E-state index in [2.05, 4.69) is 30.8 Å². The molecular formula is C21H24F3N7O4. The first kappa shape index (κ1) is 23.4. The zero-order valence-corrected chi connectivity index (χ0v) is 18.9. The Kier molecular flexibility index (Phi) is 6.01. The second-order valence-corrected chi connectivity index (χ2v) is 8.86. The Morgan fingerprint density at radius 3 is 2.89 bits per heavy atom. The topological polar surface area (TPSA) is 128 Å². The van der Waals surface area contributed by atoms with Gasteiger partial charge in [-0.15, -0.1) is 0 Å². The lowest BCUT2D eigenvalue weighted by atomic mass is 10.1. The summed E-state index contributed by atoms with van der Waals surface area (Å²) < 4.78 is 59.0. The lowest BCUT2D eigenvalue weighted by Gasteiger charge is -2.17. The molecular weight excluding hydrogens is 471 g/mol. The van der Waals surface area contributed by atoms with Crippen LogP contribution in [0.5, 0.6) is 0 Å². The minimum absolute atomic E-state index is 0.0429. The zero-order chi connectivity index (χ0) is 24.7. The SMILES string of the molecule is COCc1cn2c(Nc3cc([C@H]4OC[C@@H](OC(=O)NC5(C)CC5)[C@@H]4F)[nH]n3)nc(C(F)F)cc2n1. The highest BCUT2D eigenvalue weighted by Gasteiger charge is 2.44. The molecule has 4 heterocycles. The number of imidazole rings is 1. The number of anilines is 2. The van der Waals surface area contributed by atoms with Gasteiger partial charge in [0.2, 0.25) is 5.95 Å². The largest absolute Gasteiger partial charge is 0.441 e. The molecule has 1 aliphatic carbocycles. The number of halogens is 3. The first-order valence-corrected chi connectivity index (χ1v) is 11.0. The van der Waals surface area contributed by atoms with Crippen LogP contribution < -0.4 is 10.6 Å². The zero-order valence-electron chi connectivity index (χ0n) is 18.9. The molecule has 0 radical (unpaired) electrons. The van der Waals surface area contributed by atoms with Crippen LogP contribution in [-0.4, -0.2) is 62.2 Å². The molecule has 1 amide bonds. The molecule has 35 heavy (non-hydrogen) atoms. The van der Waals surface area contributed by atoms with E-state index in [0.717, 1.165) is 12.8 Å². The number of hydrogen-bond donors (Lipinski definition) is 3. The van der Waals surface area contributed by atoms with E-state index in [4.69, 9.17) is 14.2 Å². The van der Waals surface area contributed by atoms with Crippen LogP contribution in [-0.2, 0) is 20.8 Å². The predicted octanol–water partition coefficient (Wildman–Crippen LogP) is 3.34. The minimum Gasteiger partial charge on any atom is -0.441 e. The number of aromatic nitrogens is 5. The third-order valence-electron chi connectivity index (χ3n) is 5.93. The van der Waals surface area contributed by atoms with Crippen molar-refractivity contribution in [3.63, 3.8) is 0 Å². The van der Waals surface area contributed by atoms with Crippen molar-refractivity contribution in [1.82, 2.24) is 29.9 Å². The van der Waals surface area contributed by atoms with Crippen LogP contribution in [0.3, 0.4) is 0 Å². The highest BCUT2D eigenvalue weighted by Crippen LogP contribution is 2.36. The number of aromatic amines is 1. The Balaban J connectivity index is 1.30. The molecule has 1 aliphatic heterocycles. The third-order valence-corrected chi connectivity index (χ3v) is 5.93. The van der Waals surface area contributed by atoms with Gasteiger partial charge in [-0.3, -0.25) is 9.50 Å². The highest BCUT2D eigenvalue weighted by molar-refractivity contribution is 5.69. The lowest BCUT2D eigenvalue weighted by molar-refractivity contribution is 0.0604. The van der Waals surface area contributed by atoms with Gasteiger partial charge >= 0.3 is 6.09 Å². The number of nitrogens with one attached hydrogen (secondary N) is 3. The van der Waals surface area contributed by atoms with Gasteiger partial charge < -0.3 is 24.8 Å². The maximum Gasteiger partial charge on any atom is 0.408 e. The third kappa shape index (κ3) is 4.89. The molecule has 5 rings (SSSR count). The summed E-state index contributed by atoms with van der Waals surface area (Å²) in [6.45, 7) is 1.96. The summed E-state index contributed by atoms with van der Waals surface area (Å²) in [5, 5.41) is 12.3. The Hall–Kier alpha value is -3.39. The van der Waals surface area contributed by atoms with Crippen molar-refractivity contribution in [3.05, 3.63) is 35.4 Å². The van der Waals surface area contributed by atoms with E-state index < -0.39 is 36.6 Å². The van der Waals surface area contributed by atoms with E-state index in [1.807, 2.05) is 6.92 Å². The second kappa shape index (κ2) is 9.00. The van der Waals surface area contributed by atoms with Gasteiger partial charge in [-0.05, 0) is 19.8 Å². The summed E-state index contributed by atoms with van der Waals surface area (Å²) in [5.41, 5.74) is 0.310. The fourth-order valence-electron chi connectivity index (χ4n) is 3.80. The molecule has 0 spiro atoms. The number of nitrogens with zero attached hydrogens (tertiary/aromatic N) is 4. The molecule has 11 nitrogen and oxygen atoms in total. The Bertz CT molecular complexity index is 1230. The van der Waals surface area contributed by atoms with Gasteiger partial charge in [-0.1, -0.05) is 0 Å². The average molecular weight is 495 g/mol. The summed E-state index contributed by atoms with van der Waals surface area (Å²) in [4.78, 5) is 20.2. The molecule has 1 saturated carbocycles. The van der Waals surface area contributed by atoms with Gasteiger partial charge in [0.15, 0.2) is 18.1 Å². The summed E-state index contributed by atoms with van der Waals surface area (Å²) >= 11 is 0. The molecule has 0 unspecified atom stereocenters. The maximum absolute atomic E-state index is 15.0. The van der Waals surface area contributed by atoms with Crippen molar-refractivity contribution in [2.24, 2.45) is 0 Å². The number of carbonyl (C=O) groups excluding carboxylic acids is 1. The molecule has 3 N–H and O–H groups in total. The van der Waals surface area contributed by atoms with Gasteiger partial charge in [0, 0.05) is 31.0 Å². The Morgan fingerprint density at radius 1 is 1.37 bits per heavy atom. The van der Waals surface area contributed by atoms with Crippen LogP contribution >= 0.6 is 0 Å². The number of hydrogen-bond acceptors (Lipinski definition) is 8. The quantitative estimate of drug-likeness (QED) is 0.434. The maximum atomic E-state index is 15.0. The van der Waals surface area contributed by atoms with E-state index >= 15 is 0 Å². The first-order chi connectivity index (χ1) is 16.7. The molecule has 1 saturated heterocycles. The summed E-state index contributed by atoms with van der Waals surface area (Å²) in [6.07, 6.45) is -3.94. The summed E-state index contributed by atoms with van der Waals surface area (Å²) in [7, 11) is 1.50. The van der Waals surface area contributed by atoms with Crippen molar-refractivity contribution >= 4 is 23.5 Å². The van der Waals surface area contributed by atoms with E-state index in [0.29, 0.717) is 5.69 Å². The van der Waals surface area contributed by atoms with Gasteiger partial charge in [-0.2, -0.15) is 5.10 Å². The predicted molar refractivity (Wildman–Crippen MR) is 115 cm³/mol. The van der Waals surface area contributed by atoms with Crippen molar-refractivity contribution < 1.29 is 32.2 Å². The lowest BCUT2D eigenvalue weighted by Crippen LogP contribution is -2.39. The Labute approximate surface area is 197 Å². The number of alkyl halides is 3. The molecule has 2 fully saturated rings. The fraction of sp³-hybridized carbons (Fsp3) is 0.524. The Morgan fingerprint density at radius 2 is 2.17 bits per heavy atom. The van der Waals surface area contributed by atoms with Crippen molar-refractivity contribution in [2.45, 2.75) is 56.7 Å². The van der Waals surface area contributed by atoms with Crippen LogP contribution in [0, 0.1) is 0 Å². The molecule has 14 heteroatoms. The van der Waals surface area contributed by atoms with Crippen LogP contribution in [0.25, 0.3) is 5.65 Å². The smallest absolute Gasteiger partial charge is 0.408 e. The molecule has 0 aromatic carbocycles. The number of fused-ring (bicyclic) bond motifs is 1. The standard InChI is InChI=1S/C21H24F3N7O4/c1-21(3-4-21)28-20(32)35-13-9-34-17(16(13)22)11-5-14(30-29-11)27-19-26-12(18(23)24)6-15-25-10(8-33-2)7-31(15)19/h5-7,13,16-18H,3-4,8-9H2,1-2H3,(H,28,32)(H2,26,27,29,30)/t13-,16+,17-/m1/s1. The number of alkyl carbamates (subject to hydrolysis) is 1. The number of ether oxygens (including phenoxy) is 3. The molecule has 3 aromatic heterocycles. The van der Waals surface area contributed by atoms with Crippen LogP contribution in [0.2, 0.25) is 0 Å². The van der Waals surface area contributed by atoms with E-state index in [-0.39, 0.29) is 41.9 Å². The number of carbonyl (C=O) groups is 1. The van der Waals surface area contributed by atoms with Gasteiger partial charge in [0.25, 0.3) is 6.43 Å². The van der Waals surface area contributed by atoms with Gasteiger partial charge in [0.1, 0.15) is 17.4 Å². The molecule has 3 atom stereocenters. The van der Waals surface area contributed by atoms with E-state index in [1.54, 1.807) is 6.20 Å². The number of amides is 1. The molecule has 0 bridgehead atoms. The van der Waals surface area contributed by atoms with Crippen LogP contribution in [0.4, 0.5) is 29.7 Å². The van der Waals surface area contributed by atoms with Crippen molar-refractivity contribution in [2.75, 3.05) is 19.0 Å². The monoisotopic (exact) mass is 495 g/mol. The average Bonchev–Trinajstić information content (AvgIpc) is 3.14. The number of rotatable bonds is 8. The number of H-pyrrole nitrogens is 1. The van der Waals surface area contributed by atoms with Crippen molar-refractivity contribution in [3.8, 4) is 0 Å². The van der Waals surface area contributed by atoms with Gasteiger partial charge in [0.05, 0.1) is 24.6 Å². The van der Waals surface area contributed by atoms with Gasteiger partial charge in [-0.25, -0.2) is 27.9 Å². The van der Waals surface area contributed by atoms with Crippen LogP contribution in [0.1, 0.15) is 49.4 Å². The molecule has 188 valence electrons. The molecule has 3 aromatic rings. The minimum atomic E-state index is -2.81. The molecule has 2 aliphatic rings. The fourth-order valence-corrected chi connectivity index (χ4v) is 3.80.